The third kappa shape index (κ3) is 3.89. The van der Waals surface area contributed by atoms with Crippen LogP contribution in [0.3, 0.4) is 0 Å². The zero-order chi connectivity index (χ0) is 13.8. The number of piperazine rings is 1. The predicted molar refractivity (Wildman–Crippen MR) is 80.0 cm³/mol. The summed E-state index contributed by atoms with van der Waals surface area (Å²) >= 11 is 1.62. The van der Waals surface area contributed by atoms with Crippen LogP contribution in [-0.2, 0) is 6.61 Å². The molecule has 1 aromatic heterocycles. The fourth-order valence-electron chi connectivity index (χ4n) is 2.20. The Balaban J connectivity index is 1.85. The Bertz CT molecular complexity index is 399. The van der Waals surface area contributed by atoms with Crippen molar-refractivity contribution in [3.8, 4) is 0 Å². The minimum Gasteiger partial charge on any atom is -0.391 e. The number of likely N-dealkylation sites (N-methyl/N-ethyl adjacent to an activating group) is 1. The largest absolute Gasteiger partial charge is 0.391 e. The number of aryl methyl sites for hydroxylation is 1. The highest BCUT2D eigenvalue weighted by Crippen LogP contribution is 2.26. The summed E-state index contributed by atoms with van der Waals surface area (Å²) in [5, 5.41) is 10.3. The lowest BCUT2D eigenvalue weighted by atomic mass is 10.3. The monoisotopic (exact) mass is 284 g/mol. The second-order valence-corrected chi connectivity index (χ2v) is 6.36. The van der Waals surface area contributed by atoms with E-state index in [9.17, 15) is 5.11 Å². The number of hydrogen-bond donors (Lipinski definition) is 1. The quantitative estimate of drug-likeness (QED) is 0.859. The Hall–Kier alpha value is -0.690. The molecule has 0 atom stereocenters. The van der Waals surface area contributed by atoms with Crippen molar-refractivity contribution in [2.24, 2.45) is 0 Å². The molecule has 0 bridgehead atoms. The average molecular weight is 284 g/mol. The first-order valence-electron chi connectivity index (χ1n) is 6.79. The van der Waals surface area contributed by atoms with Crippen molar-refractivity contribution < 1.29 is 5.11 Å². The molecule has 1 N–H and O–H groups in total. The molecular formula is C13H24N4OS. The van der Waals surface area contributed by atoms with Gasteiger partial charge < -0.3 is 14.9 Å². The highest BCUT2D eigenvalue weighted by molar-refractivity contribution is 7.15. The molecule has 0 aromatic carbocycles. The summed E-state index contributed by atoms with van der Waals surface area (Å²) < 4.78 is 0. The lowest BCUT2D eigenvalue weighted by Crippen LogP contribution is -2.48. The molecule has 0 amide bonds. The third-order valence-electron chi connectivity index (χ3n) is 3.53. The Labute approximate surface area is 119 Å². The van der Waals surface area contributed by atoms with Gasteiger partial charge in [0.25, 0.3) is 0 Å². The van der Waals surface area contributed by atoms with Crippen LogP contribution in [-0.4, -0.2) is 73.3 Å². The molecular weight excluding hydrogens is 260 g/mol. The zero-order valence-corrected chi connectivity index (χ0v) is 12.9. The SMILES string of the molecule is Cc1nc(N2CCN(CCN(C)C)CC2)sc1CO. The number of aliphatic hydroxyl groups is 1. The van der Waals surface area contributed by atoms with Gasteiger partial charge in [0.15, 0.2) is 5.13 Å². The van der Waals surface area contributed by atoms with E-state index in [0.29, 0.717) is 0 Å². The number of aliphatic hydroxyl groups excluding tert-OH is 1. The fraction of sp³-hybridized carbons (Fsp3) is 0.769. The minimum atomic E-state index is 0.103. The van der Waals surface area contributed by atoms with Gasteiger partial charge >= 0.3 is 0 Å². The van der Waals surface area contributed by atoms with E-state index in [1.165, 1.54) is 0 Å². The average Bonchev–Trinajstić information content (AvgIpc) is 2.78. The second kappa shape index (κ2) is 6.65. The first kappa shape index (κ1) is 14.7. The molecule has 108 valence electrons. The summed E-state index contributed by atoms with van der Waals surface area (Å²) in [4.78, 5) is 12.6. The Morgan fingerprint density at radius 2 is 1.95 bits per heavy atom. The fourth-order valence-corrected chi connectivity index (χ4v) is 3.17. The van der Waals surface area contributed by atoms with Crippen LogP contribution < -0.4 is 4.90 Å². The first-order chi connectivity index (χ1) is 9.10. The van der Waals surface area contributed by atoms with Crippen LogP contribution in [0, 0.1) is 6.92 Å². The normalized spacial score (nSPS) is 17.4. The molecule has 19 heavy (non-hydrogen) atoms. The molecule has 6 heteroatoms. The molecule has 1 aliphatic rings. The summed E-state index contributed by atoms with van der Waals surface area (Å²) in [6.45, 7) is 8.59. The van der Waals surface area contributed by atoms with Crippen molar-refractivity contribution in [2.45, 2.75) is 13.5 Å². The summed E-state index contributed by atoms with van der Waals surface area (Å²) in [5.41, 5.74) is 0.970. The number of hydrogen-bond acceptors (Lipinski definition) is 6. The molecule has 5 nitrogen and oxygen atoms in total. The van der Waals surface area contributed by atoms with E-state index in [0.717, 1.165) is 55.0 Å². The van der Waals surface area contributed by atoms with E-state index >= 15 is 0 Å². The number of anilines is 1. The summed E-state index contributed by atoms with van der Waals surface area (Å²) in [5.74, 6) is 0. The Kier molecular flexibility index (Phi) is 5.15. The molecule has 1 aromatic rings. The lowest BCUT2D eigenvalue weighted by Gasteiger charge is -2.35. The van der Waals surface area contributed by atoms with E-state index in [2.05, 4.69) is 33.8 Å². The van der Waals surface area contributed by atoms with Crippen molar-refractivity contribution in [1.82, 2.24) is 14.8 Å². The lowest BCUT2D eigenvalue weighted by molar-refractivity contribution is 0.229. The van der Waals surface area contributed by atoms with Gasteiger partial charge in [0.05, 0.1) is 17.2 Å². The highest BCUT2D eigenvalue weighted by atomic mass is 32.1. The van der Waals surface area contributed by atoms with E-state index < -0.39 is 0 Å². The number of nitrogens with zero attached hydrogens (tertiary/aromatic N) is 4. The van der Waals surface area contributed by atoms with Gasteiger partial charge in [0, 0.05) is 39.3 Å². The van der Waals surface area contributed by atoms with E-state index in [1.807, 2.05) is 6.92 Å². The van der Waals surface area contributed by atoms with Crippen LogP contribution in [0.1, 0.15) is 10.6 Å². The zero-order valence-electron chi connectivity index (χ0n) is 12.1. The summed E-state index contributed by atoms with van der Waals surface area (Å²) in [7, 11) is 4.23. The molecule has 1 saturated heterocycles. The van der Waals surface area contributed by atoms with Crippen molar-refractivity contribution in [3.63, 3.8) is 0 Å². The molecule has 0 radical (unpaired) electrons. The number of rotatable bonds is 5. The maximum atomic E-state index is 9.23. The van der Waals surface area contributed by atoms with E-state index in [1.54, 1.807) is 11.3 Å². The smallest absolute Gasteiger partial charge is 0.185 e. The van der Waals surface area contributed by atoms with Gasteiger partial charge in [0.1, 0.15) is 0 Å². The Morgan fingerprint density at radius 1 is 1.26 bits per heavy atom. The van der Waals surface area contributed by atoms with Gasteiger partial charge in [-0.25, -0.2) is 4.98 Å². The molecule has 2 heterocycles. The molecule has 1 fully saturated rings. The molecule has 1 aliphatic heterocycles. The molecule has 0 aliphatic carbocycles. The van der Waals surface area contributed by atoms with Crippen LogP contribution in [0.2, 0.25) is 0 Å². The molecule has 2 rings (SSSR count). The standard InChI is InChI=1S/C13H24N4OS/c1-11-12(10-18)19-13(14-11)17-8-6-16(7-9-17)5-4-15(2)3/h18H,4-10H2,1-3H3. The number of thiazole rings is 1. The van der Waals surface area contributed by atoms with Crippen LogP contribution >= 0.6 is 11.3 Å². The van der Waals surface area contributed by atoms with Crippen LogP contribution in [0.15, 0.2) is 0 Å². The minimum absolute atomic E-state index is 0.103. The Morgan fingerprint density at radius 3 is 2.47 bits per heavy atom. The first-order valence-corrected chi connectivity index (χ1v) is 7.61. The van der Waals surface area contributed by atoms with Gasteiger partial charge in [-0.3, -0.25) is 4.90 Å². The second-order valence-electron chi connectivity index (χ2n) is 5.30. The summed E-state index contributed by atoms with van der Waals surface area (Å²) in [6.07, 6.45) is 0. The van der Waals surface area contributed by atoms with Crippen LogP contribution in [0.4, 0.5) is 5.13 Å². The highest BCUT2D eigenvalue weighted by Gasteiger charge is 2.20. The topological polar surface area (TPSA) is 42.8 Å². The van der Waals surface area contributed by atoms with Gasteiger partial charge in [-0.2, -0.15) is 0 Å². The van der Waals surface area contributed by atoms with Gasteiger partial charge in [0.2, 0.25) is 0 Å². The van der Waals surface area contributed by atoms with Gasteiger partial charge in [-0.15, -0.1) is 0 Å². The van der Waals surface area contributed by atoms with Crippen molar-refractivity contribution in [2.75, 3.05) is 58.3 Å². The number of aromatic nitrogens is 1. The molecule has 0 spiro atoms. The third-order valence-corrected chi connectivity index (χ3v) is 4.73. The van der Waals surface area contributed by atoms with E-state index in [-0.39, 0.29) is 6.61 Å². The van der Waals surface area contributed by atoms with Crippen molar-refractivity contribution >= 4 is 16.5 Å². The molecule has 0 unspecified atom stereocenters. The molecule has 0 saturated carbocycles. The predicted octanol–water partition coefficient (Wildman–Crippen LogP) is 0.627. The van der Waals surface area contributed by atoms with Crippen LogP contribution in [0.5, 0.6) is 0 Å². The maximum Gasteiger partial charge on any atom is 0.185 e. The van der Waals surface area contributed by atoms with Crippen molar-refractivity contribution in [1.29, 1.82) is 0 Å². The maximum absolute atomic E-state index is 9.23. The van der Waals surface area contributed by atoms with Crippen molar-refractivity contribution in [3.05, 3.63) is 10.6 Å². The summed E-state index contributed by atoms with van der Waals surface area (Å²) in [6, 6.07) is 0. The van der Waals surface area contributed by atoms with Gasteiger partial charge in [-0.05, 0) is 21.0 Å². The van der Waals surface area contributed by atoms with Gasteiger partial charge in [-0.1, -0.05) is 11.3 Å². The van der Waals surface area contributed by atoms with Crippen LogP contribution in [0.25, 0.3) is 0 Å². The van der Waals surface area contributed by atoms with E-state index in [4.69, 9.17) is 0 Å².